The molecule has 0 unspecified atom stereocenters. The Bertz CT molecular complexity index is 860. The van der Waals surface area contributed by atoms with Gasteiger partial charge in [-0.15, -0.1) is 6.58 Å². The van der Waals surface area contributed by atoms with Gasteiger partial charge in [0, 0.05) is 5.69 Å². The Morgan fingerprint density at radius 3 is 2.57 bits per heavy atom. The summed E-state index contributed by atoms with van der Waals surface area (Å²) in [6, 6.07) is 11.1. The minimum absolute atomic E-state index is 0.325. The van der Waals surface area contributed by atoms with Crippen molar-refractivity contribution in [2.45, 2.75) is 20.3 Å². The molecule has 2 aromatic rings. The lowest BCUT2D eigenvalue weighted by Gasteiger charge is -2.12. The van der Waals surface area contributed by atoms with Crippen molar-refractivity contribution in [3.05, 3.63) is 65.7 Å². The molecule has 0 atom stereocenters. The number of ether oxygens (including phenoxy) is 3. The number of esters is 1. The van der Waals surface area contributed by atoms with E-state index >= 15 is 0 Å². The number of hydrogen-bond acceptors (Lipinski definition) is 5. The first kappa shape index (κ1) is 21.0. The molecule has 6 heteroatoms. The summed E-state index contributed by atoms with van der Waals surface area (Å²) in [4.78, 5) is 23.9. The zero-order chi connectivity index (χ0) is 20.5. The Morgan fingerprint density at radius 2 is 1.86 bits per heavy atom. The lowest BCUT2D eigenvalue weighted by molar-refractivity contribution is -0.149. The number of anilines is 1. The molecule has 2 rings (SSSR count). The van der Waals surface area contributed by atoms with E-state index in [1.807, 2.05) is 44.2 Å². The minimum Gasteiger partial charge on any atom is -0.493 e. The van der Waals surface area contributed by atoms with Gasteiger partial charge in [0.05, 0.1) is 7.11 Å². The van der Waals surface area contributed by atoms with Crippen LogP contribution in [0.15, 0.2) is 49.1 Å². The van der Waals surface area contributed by atoms with Crippen LogP contribution in [0, 0.1) is 13.8 Å². The third-order valence-electron chi connectivity index (χ3n) is 3.99. The molecule has 0 aromatic heterocycles. The molecule has 0 spiro atoms. The van der Waals surface area contributed by atoms with Crippen LogP contribution in [0.5, 0.6) is 11.5 Å². The summed E-state index contributed by atoms with van der Waals surface area (Å²) in [7, 11) is 1.52. The first-order chi connectivity index (χ1) is 13.4. The van der Waals surface area contributed by atoms with Crippen LogP contribution < -0.4 is 14.8 Å². The zero-order valence-electron chi connectivity index (χ0n) is 16.4. The second kappa shape index (κ2) is 10.2. The van der Waals surface area contributed by atoms with Crippen LogP contribution >= 0.6 is 0 Å². The van der Waals surface area contributed by atoms with Gasteiger partial charge < -0.3 is 19.5 Å². The molecule has 0 aliphatic carbocycles. The fourth-order valence-electron chi connectivity index (χ4n) is 2.51. The van der Waals surface area contributed by atoms with Gasteiger partial charge in [-0.2, -0.15) is 0 Å². The Balaban J connectivity index is 1.83. The summed E-state index contributed by atoms with van der Waals surface area (Å²) in [5.74, 6) is -0.117. The molecule has 1 amide bonds. The maximum Gasteiger partial charge on any atom is 0.344 e. The summed E-state index contributed by atoms with van der Waals surface area (Å²) in [6.45, 7) is 6.81. The van der Waals surface area contributed by atoms with E-state index in [9.17, 15) is 9.59 Å². The Morgan fingerprint density at radius 1 is 1.07 bits per heavy atom. The first-order valence-electron chi connectivity index (χ1n) is 8.86. The number of benzene rings is 2. The van der Waals surface area contributed by atoms with E-state index in [1.54, 1.807) is 12.1 Å². The van der Waals surface area contributed by atoms with Crippen molar-refractivity contribution in [1.82, 2.24) is 0 Å². The number of aryl methyl sites for hydroxylation is 2. The van der Waals surface area contributed by atoms with Crippen molar-refractivity contribution < 1.29 is 23.8 Å². The maximum absolute atomic E-state index is 12.0. The van der Waals surface area contributed by atoms with Crippen LogP contribution in [0.1, 0.15) is 16.7 Å². The van der Waals surface area contributed by atoms with Crippen molar-refractivity contribution in [2.24, 2.45) is 0 Å². The van der Waals surface area contributed by atoms with E-state index < -0.39 is 11.9 Å². The van der Waals surface area contributed by atoms with Gasteiger partial charge in [-0.3, -0.25) is 4.79 Å². The highest BCUT2D eigenvalue weighted by Gasteiger charge is 2.12. The smallest absolute Gasteiger partial charge is 0.344 e. The predicted octanol–water partition coefficient (Wildman–Crippen LogP) is 3.60. The van der Waals surface area contributed by atoms with Gasteiger partial charge in [-0.05, 0) is 55.2 Å². The molecule has 2 aromatic carbocycles. The van der Waals surface area contributed by atoms with E-state index in [2.05, 4.69) is 11.9 Å². The van der Waals surface area contributed by atoms with Gasteiger partial charge in [-0.25, -0.2) is 4.79 Å². The molecule has 0 saturated heterocycles. The van der Waals surface area contributed by atoms with Gasteiger partial charge in [0.15, 0.2) is 24.7 Å². The third kappa shape index (κ3) is 6.16. The Kier molecular flexibility index (Phi) is 7.63. The molecule has 0 saturated carbocycles. The summed E-state index contributed by atoms with van der Waals surface area (Å²) in [5, 5.41) is 2.73. The fourth-order valence-corrected chi connectivity index (χ4v) is 2.51. The van der Waals surface area contributed by atoms with Gasteiger partial charge in [-0.1, -0.05) is 24.3 Å². The molecular weight excluding hydrogens is 358 g/mol. The average molecular weight is 383 g/mol. The molecule has 28 heavy (non-hydrogen) atoms. The van der Waals surface area contributed by atoms with E-state index in [0.717, 1.165) is 16.7 Å². The van der Waals surface area contributed by atoms with Crippen LogP contribution in [0.4, 0.5) is 5.69 Å². The topological polar surface area (TPSA) is 73.9 Å². The summed E-state index contributed by atoms with van der Waals surface area (Å²) < 4.78 is 15.7. The predicted molar refractivity (Wildman–Crippen MR) is 108 cm³/mol. The van der Waals surface area contributed by atoms with Gasteiger partial charge >= 0.3 is 5.97 Å². The van der Waals surface area contributed by atoms with Crippen LogP contribution in [-0.4, -0.2) is 32.2 Å². The van der Waals surface area contributed by atoms with Crippen LogP contribution in [0.25, 0.3) is 0 Å². The van der Waals surface area contributed by atoms with Gasteiger partial charge in [0.25, 0.3) is 5.91 Å². The number of carbonyl (C=O) groups is 2. The van der Waals surface area contributed by atoms with Gasteiger partial charge in [0.1, 0.15) is 0 Å². The molecule has 148 valence electrons. The minimum atomic E-state index is -0.645. The SMILES string of the molecule is C=CCc1ccc(OCC(=O)OCC(=O)Nc2cc(C)ccc2C)c(OC)c1. The molecule has 6 nitrogen and oxygen atoms in total. The van der Waals surface area contributed by atoms with E-state index in [-0.39, 0.29) is 13.2 Å². The number of allylic oxidation sites excluding steroid dienone is 1. The standard InChI is InChI=1S/C22H25NO5/c1-5-6-17-9-10-19(20(12-17)26-4)27-14-22(25)28-13-21(24)23-18-11-15(2)7-8-16(18)3/h5,7-12H,1,6,13-14H2,2-4H3,(H,23,24). The highest BCUT2D eigenvalue weighted by molar-refractivity contribution is 5.93. The quantitative estimate of drug-likeness (QED) is 0.529. The second-order valence-corrected chi connectivity index (χ2v) is 6.29. The molecular formula is C22H25NO5. The molecule has 0 bridgehead atoms. The molecule has 0 fully saturated rings. The molecule has 1 N–H and O–H groups in total. The van der Waals surface area contributed by atoms with Crippen molar-refractivity contribution in [3.63, 3.8) is 0 Å². The molecule has 0 heterocycles. The van der Waals surface area contributed by atoms with E-state index in [4.69, 9.17) is 14.2 Å². The second-order valence-electron chi connectivity index (χ2n) is 6.29. The fraction of sp³-hybridized carbons (Fsp3) is 0.273. The lowest BCUT2D eigenvalue weighted by Crippen LogP contribution is -2.24. The number of hydrogen-bond donors (Lipinski definition) is 1. The van der Waals surface area contributed by atoms with Crippen LogP contribution in [-0.2, 0) is 20.7 Å². The lowest BCUT2D eigenvalue weighted by atomic mass is 10.1. The largest absolute Gasteiger partial charge is 0.493 e. The highest BCUT2D eigenvalue weighted by Crippen LogP contribution is 2.28. The van der Waals surface area contributed by atoms with Crippen molar-refractivity contribution in [2.75, 3.05) is 25.6 Å². The van der Waals surface area contributed by atoms with Crippen LogP contribution in [0.2, 0.25) is 0 Å². The number of nitrogens with one attached hydrogen (secondary N) is 1. The summed E-state index contributed by atoms with van der Waals surface area (Å²) in [6.07, 6.45) is 2.49. The molecule has 0 radical (unpaired) electrons. The van der Waals surface area contributed by atoms with Crippen LogP contribution in [0.3, 0.4) is 0 Å². The monoisotopic (exact) mass is 383 g/mol. The Labute approximate surface area is 165 Å². The van der Waals surface area contributed by atoms with Crippen molar-refractivity contribution >= 4 is 17.6 Å². The van der Waals surface area contributed by atoms with E-state index in [0.29, 0.717) is 23.6 Å². The summed E-state index contributed by atoms with van der Waals surface area (Å²) >= 11 is 0. The van der Waals surface area contributed by atoms with E-state index in [1.165, 1.54) is 7.11 Å². The number of carbonyl (C=O) groups excluding carboxylic acids is 2. The van der Waals surface area contributed by atoms with Crippen molar-refractivity contribution in [1.29, 1.82) is 0 Å². The average Bonchev–Trinajstić information content (AvgIpc) is 2.68. The first-order valence-corrected chi connectivity index (χ1v) is 8.86. The molecule has 0 aliphatic rings. The number of amides is 1. The highest BCUT2D eigenvalue weighted by atomic mass is 16.6. The number of methoxy groups -OCH3 is 1. The third-order valence-corrected chi connectivity index (χ3v) is 3.99. The number of rotatable bonds is 9. The zero-order valence-corrected chi connectivity index (χ0v) is 16.4. The Hall–Kier alpha value is -3.28. The van der Waals surface area contributed by atoms with Gasteiger partial charge in [0.2, 0.25) is 0 Å². The normalized spacial score (nSPS) is 10.1. The molecule has 0 aliphatic heterocycles. The van der Waals surface area contributed by atoms with Crippen molar-refractivity contribution in [3.8, 4) is 11.5 Å². The maximum atomic E-state index is 12.0. The summed E-state index contributed by atoms with van der Waals surface area (Å²) in [5.41, 5.74) is 3.67.